The van der Waals surface area contributed by atoms with Gasteiger partial charge in [0.1, 0.15) is 0 Å². The monoisotopic (exact) mass is 321 g/mol. The molecular weight excluding hydrogens is 306 g/mol. The van der Waals surface area contributed by atoms with Crippen molar-refractivity contribution in [3.05, 3.63) is 64.1 Å². The first kappa shape index (κ1) is 13.7. The molecule has 0 saturated carbocycles. The molecule has 0 spiro atoms. The third-order valence-electron chi connectivity index (χ3n) is 2.94. The number of hydrogen-bond acceptors (Lipinski definition) is 2. The summed E-state index contributed by atoms with van der Waals surface area (Å²) in [6.07, 6.45) is 2.93. The Hall–Kier alpha value is -0.770. The quantitative estimate of drug-likeness (QED) is 0.844. The van der Waals surface area contributed by atoms with E-state index in [9.17, 15) is 0 Å². The van der Waals surface area contributed by atoms with E-state index in [-0.39, 0.29) is 6.04 Å². The third-order valence-corrected chi connectivity index (χ3v) is 4.46. The molecule has 0 fully saturated rings. The van der Waals surface area contributed by atoms with Crippen LogP contribution in [0.15, 0.2) is 57.9 Å². The number of nitrogens with two attached hydrogens (primary N) is 1. The Labute approximate surface area is 121 Å². The Bertz CT molecular complexity index is 510. The molecule has 0 aliphatic carbocycles. The fourth-order valence-corrected chi connectivity index (χ4v) is 2.72. The number of thioether (sulfide) groups is 1. The molecule has 0 bridgehead atoms. The van der Waals surface area contributed by atoms with Crippen molar-refractivity contribution in [2.45, 2.75) is 17.4 Å². The first-order chi connectivity index (χ1) is 8.70. The highest BCUT2D eigenvalue weighted by molar-refractivity contribution is 9.10. The summed E-state index contributed by atoms with van der Waals surface area (Å²) in [5, 5.41) is 0. The first-order valence-electron chi connectivity index (χ1n) is 5.83. The van der Waals surface area contributed by atoms with Gasteiger partial charge in [-0.15, -0.1) is 11.8 Å². The Morgan fingerprint density at radius 3 is 2.39 bits per heavy atom. The van der Waals surface area contributed by atoms with Gasteiger partial charge in [-0.1, -0.05) is 46.3 Å². The molecule has 94 valence electrons. The highest BCUT2D eigenvalue weighted by Crippen LogP contribution is 2.23. The zero-order chi connectivity index (χ0) is 13.0. The number of rotatable bonds is 4. The van der Waals surface area contributed by atoms with Crippen molar-refractivity contribution >= 4 is 27.7 Å². The average molecular weight is 322 g/mol. The minimum atomic E-state index is 0.0413. The molecule has 2 rings (SSSR count). The second kappa shape index (κ2) is 6.41. The molecule has 3 heteroatoms. The van der Waals surface area contributed by atoms with E-state index >= 15 is 0 Å². The van der Waals surface area contributed by atoms with Gasteiger partial charge in [-0.3, -0.25) is 0 Å². The van der Waals surface area contributed by atoms with Gasteiger partial charge in [0, 0.05) is 15.4 Å². The molecule has 0 aromatic heterocycles. The van der Waals surface area contributed by atoms with Gasteiger partial charge < -0.3 is 5.73 Å². The van der Waals surface area contributed by atoms with E-state index in [1.807, 2.05) is 12.1 Å². The second-order valence-corrected chi connectivity index (χ2v) is 5.91. The topological polar surface area (TPSA) is 26.0 Å². The van der Waals surface area contributed by atoms with Crippen molar-refractivity contribution in [1.29, 1.82) is 0 Å². The summed E-state index contributed by atoms with van der Waals surface area (Å²) in [5.41, 5.74) is 8.69. The molecule has 1 unspecified atom stereocenters. The van der Waals surface area contributed by atoms with Crippen LogP contribution in [0.4, 0.5) is 0 Å². The maximum Gasteiger partial charge on any atom is 0.0336 e. The van der Waals surface area contributed by atoms with Crippen LogP contribution in [0.1, 0.15) is 17.2 Å². The van der Waals surface area contributed by atoms with E-state index in [1.165, 1.54) is 16.0 Å². The lowest BCUT2D eigenvalue weighted by Gasteiger charge is -2.13. The van der Waals surface area contributed by atoms with Crippen LogP contribution in [0.2, 0.25) is 0 Å². The van der Waals surface area contributed by atoms with E-state index in [1.54, 1.807) is 11.8 Å². The molecule has 0 aliphatic rings. The molecule has 1 nitrogen and oxygen atoms in total. The molecule has 2 N–H and O–H groups in total. The van der Waals surface area contributed by atoms with Gasteiger partial charge in [-0.2, -0.15) is 0 Å². The van der Waals surface area contributed by atoms with Gasteiger partial charge in [0.2, 0.25) is 0 Å². The highest BCUT2D eigenvalue weighted by atomic mass is 79.9. The van der Waals surface area contributed by atoms with Crippen LogP contribution in [-0.4, -0.2) is 6.26 Å². The Balaban J connectivity index is 2.11. The van der Waals surface area contributed by atoms with Gasteiger partial charge in [-0.05, 0) is 42.0 Å². The van der Waals surface area contributed by atoms with Crippen LogP contribution < -0.4 is 5.73 Å². The molecule has 18 heavy (non-hydrogen) atoms. The largest absolute Gasteiger partial charge is 0.324 e. The van der Waals surface area contributed by atoms with Crippen molar-refractivity contribution in [2.75, 3.05) is 6.26 Å². The summed E-state index contributed by atoms with van der Waals surface area (Å²) in [4.78, 5) is 1.27. The van der Waals surface area contributed by atoms with Crippen molar-refractivity contribution in [1.82, 2.24) is 0 Å². The molecule has 0 saturated heterocycles. The van der Waals surface area contributed by atoms with E-state index in [0.717, 1.165) is 10.9 Å². The summed E-state index contributed by atoms with van der Waals surface area (Å²) >= 11 is 5.31. The maximum atomic E-state index is 6.26. The fourth-order valence-electron chi connectivity index (χ4n) is 1.87. The fraction of sp³-hybridized carbons (Fsp3) is 0.200. The summed E-state index contributed by atoms with van der Waals surface area (Å²) in [5.74, 6) is 0. The van der Waals surface area contributed by atoms with Gasteiger partial charge in [-0.25, -0.2) is 0 Å². The van der Waals surface area contributed by atoms with Crippen LogP contribution in [0.3, 0.4) is 0 Å². The molecule has 2 aromatic carbocycles. The van der Waals surface area contributed by atoms with Crippen LogP contribution in [-0.2, 0) is 6.42 Å². The zero-order valence-electron chi connectivity index (χ0n) is 10.3. The number of halogens is 1. The lowest BCUT2D eigenvalue weighted by atomic mass is 10.00. The standard InChI is InChI=1S/C15H16BrNS/c1-18-13-8-6-11(7-9-13)15(17)10-12-4-2-3-5-14(12)16/h2-9,15H,10,17H2,1H3. The normalized spacial score (nSPS) is 12.4. The molecule has 1 atom stereocenters. The van der Waals surface area contributed by atoms with Crippen molar-refractivity contribution in [2.24, 2.45) is 5.73 Å². The molecule has 0 heterocycles. The minimum Gasteiger partial charge on any atom is -0.324 e. The summed E-state index contributed by atoms with van der Waals surface area (Å²) < 4.78 is 1.13. The van der Waals surface area contributed by atoms with Gasteiger partial charge >= 0.3 is 0 Å². The summed E-state index contributed by atoms with van der Waals surface area (Å²) in [7, 11) is 0. The number of benzene rings is 2. The smallest absolute Gasteiger partial charge is 0.0336 e. The van der Waals surface area contributed by atoms with Gasteiger partial charge in [0.25, 0.3) is 0 Å². The van der Waals surface area contributed by atoms with Crippen LogP contribution >= 0.6 is 27.7 Å². The van der Waals surface area contributed by atoms with Gasteiger partial charge in [0.05, 0.1) is 0 Å². The maximum absolute atomic E-state index is 6.26. The predicted molar refractivity (Wildman–Crippen MR) is 83.0 cm³/mol. The highest BCUT2D eigenvalue weighted by Gasteiger charge is 2.08. The van der Waals surface area contributed by atoms with Crippen molar-refractivity contribution < 1.29 is 0 Å². The van der Waals surface area contributed by atoms with E-state index < -0.39 is 0 Å². The Kier molecular flexibility index (Phi) is 4.87. The Morgan fingerprint density at radius 2 is 1.78 bits per heavy atom. The van der Waals surface area contributed by atoms with Crippen LogP contribution in [0.5, 0.6) is 0 Å². The minimum absolute atomic E-state index is 0.0413. The van der Waals surface area contributed by atoms with E-state index in [4.69, 9.17) is 5.73 Å². The third kappa shape index (κ3) is 3.37. The lowest BCUT2D eigenvalue weighted by molar-refractivity contribution is 0.719. The van der Waals surface area contributed by atoms with E-state index in [2.05, 4.69) is 58.6 Å². The van der Waals surface area contributed by atoms with Crippen LogP contribution in [0.25, 0.3) is 0 Å². The molecule has 0 amide bonds. The van der Waals surface area contributed by atoms with Crippen LogP contribution in [0, 0.1) is 0 Å². The first-order valence-corrected chi connectivity index (χ1v) is 7.85. The van der Waals surface area contributed by atoms with Gasteiger partial charge in [0.15, 0.2) is 0 Å². The summed E-state index contributed by atoms with van der Waals surface area (Å²) in [6, 6.07) is 16.8. The molecule has 0 radical (unpaired) electrons. The Morgan fingerprint density at radius 1 is 1.11 bits per heavy atom. The lowest BCUT2D eigenvalue weighted by Crippen LogP contribution is -2.13. The summed E-state index contributed by atoms with van der Waals surface area (Å²) in [6.45, 7) is 0. The predicted octanol–water partition coefficient (Wildman–Crippen LogP) is 4.41. The SMILES string of the molecule is CSc1ccc(C(N)Cc2ccccc2Br)cc1. The molecule has 2 aromatic rings. The average Bonchev–Trinajstić information content (AvgIpc) is 2.41. The van der Waals surface area contributed by atoms with Crippen molar-refractivity contribution in [3.63, 3.8) is 0 Å². The van der Waals surface area contributed by atoms with E-state index in [0.29, 0.717) is 0 Å². The molecular formula is C15H16BrNS. The molecule has 0 aliphatic heterocycles. The second-order valence-electron chi connectivity index (χ2n) is 4.18. The zero-order valence-corrected chi connectivity index (χ0v) is 12.7. The van der Waals surface area contributed by atoms with Crippen molar-refractivity contribution in [3.8, 4) is 0 Å². The number of hydrogen-bond donors (Lipinski definition) is 1.